The standard InChI is InChI=1S/C12H25N/c1-3-5-7-12(8-9-12)10-11(13)6-4-2/h11H,3-10,13H2,1-2H3. The van der Waals surface area contributed by atoms with Crippen LogP contribution in [0.3, 0.4) is 0 Å². The SMILES string of the molecule is CCCCC1(CC(N)CCC)CC1. The summed E-state index contributed by atoms with van der Waals surface area (Å²) < 4.78 is 0. The summed E-state index contributed by atoms with van der Waals surface area (Å²) in [6.45, 7) is 4.51. The van der Waals surface area contributed by atoms with Gasteiger partial charge < -0.3 is 5.73 Å². The highest BCUT2D eigenvalue weighted by molar-refractivity contribution is 4.94. The van der Waals surface area contributed by atoms with Crippen molar-refractivity contribution in [2.24, 2.45) is 11.1 Å². The van der Waals surface area contributed by atoms with Gasteiger partial charge in [0.25, 0.3) is 0 Å². The Bertz CT molecular complexity index is 138. The van der Waals surface area contributed by atoms with Gasteiger partial charge in [-0.15, -0.1) is 0 Å². The highest BCUT2D eigenvalue weighted by Gasteiger charge is 2.42. The molecule has 1 saturated carbocycles. The van der Waals surface area contributed by atoms with Crippen molar-refractivity contribution >= 4 is 0 Å². The molecule has 0 amide bonds. The maximum absolute atomic E-state index is 6.08. The van der Waals surface area contributed by atoms with Gasteiger partial charge in [-0.2, -0.15) is 0 Å². The normalized spacial score (nSPS) is 21.5. The summed E-state index contributed by atoms with van der Waals surface area (Å²) in [5.41, 5.74) is 6.78. The minimum atomic E-state index is 0.476. The lowest BCUT2D eigenvalue weighted by Crippen LogP contribution is -2.24. The lowest BCUT2D eigenvalue weighted by molar-refractivity contribution is 0.363. The molecule has 0 bridgehead atoms. The molecule has 2 N–H and O–H groups in total. The van der Waals surface area contributed by atoms with Gasteiger partial charge in [-0.3, -0.25) is 0 Å². The van der Waals surface area contributed by atoms with E-state index in [9.17, 15) is 0 Å². The Morgan fingerprint density at radius 1 is 1.23 bits per heavy atom. The van der Waals surface area contributed by atoms with Crippen LogP contribution in [0.15, 0.2) is 0 Å². The quantitative estimate of drug-likeness (QED) is 0.642. The van der Waals surface area contributed by atoms with Gasteiger partial charge in [-0.05, 0) is 37.5 Å². The molecule has 1 nitrogen and oxygen atoms in total. The van der Waals surface area contributed by atoms with Gasteiger partial charge in [0, 0.05) is 6.04 Å². The average molecular weight is 183 g/mol. The molecule has 1 fully saturated rings. The first-order chi connectivity index (χ1) is 6.22. The highest BCUT2D eigenvalue weighted by Crippen LogP contribution is 2.53. The second kappa shape index (κ2) is 4.99. The zero-order valence-electron chi connectivity index (χ0n) is 9.31. The molecule has 1 heteroatoms. The van der Waals surface area contributed by atoms with Crippen molar-refractivity contribution in [2.45, 2.75) is 71.3 Å². The third kappa shape index (κ3) is 3.68. The number of hydrogen-bond donors (Lipinski definition) is 1. The molecular weight excluding hydrogens is 158 g/mol. The van der Waals surface area contributed by atoms with E-state index in [-0.39, 0.29) is 0 Å². The molecule has 0 aromatic heterocycles. The Morgan fingerprint density at radius 2 is 1.92 bits per heavy atom. The molecule has 1 aliphatic carbocycles. The van der Waals surface area contributed by atoms with Crippen molar-refractivity contribution in [1.29, 1.82) is 0 Å². The van der Waals surface area contributed by atoms with Crippen LogP contribution in [0.25, 0.3) is 0 Å². The van der Waals surface area contributed by atoms with Crippen LogP contribution in [-0.2, 0) is 0 Å². The van der Waals surface area contributed by atoms with Crippen LogP contribution in [-0.4, -0.2) is 6.04 Å². The molecule has 0 saturated heterocycles. The monoisotopic (exact) mass is 183 g/mol. The lowest BCUT2D eigenvalue weighted by Gasteiger charge is -2.19. The minimum Gasteiger partial charge on any atom is -0.328 e. The van der Waals surface area contributed by atoms with E-state index >= 15 is 0 Å². The summed E-state index contributed by atoms with van der Waals surface area (Å²) in [5, 5.41) is 0. The molecule has 1 aliphatic rings. The molecule has 1 unspecified atom stereocenters. The van der Waals surface area contributed by atoms with E-state index in [0.717, 1.165) is 0 Å². The average Bonchev–Trinajstić information content (AvgIpc) is 2.82. The molecule has 78 valence electrons. The van der Waals surface area contributed by atoms with Crippen molar-refractivity contribution in [1.82, 2.24) is 0 Å². The third-order valence-corrected chi connectivity index (χ3v) is 3.37. The van der Waals surface area contributed by atoms with E-state index in [2.05, 4.69) is 13.8 Å². The fourth-order valence-corrected chi connectivity index (χ4v) is 2.31. The molecule has 0 aromatic carbocycles. The van der Waals surface area contributed by atoms with E-state index in [1.54, 1.807) is 0 Å². The Morgan fingerprint density at radius 3 is 2.38 bits per heavy atom. The van der Waals surface area contributed by atoms with Gasteiger partial charge in [0.2, 0.25) is 0 Å². The van der Waals surface area contributed by atoms with Crippen LogP contribution >= 0.6 is 0 Å². The van der Waals surface area contributed by atoms with E-state index < -0.39 is 0 Å². The first-order valence-corrected chi connectivity index (χ1v) is 5.98. The smallest absolute Gasteiger partial charge is 0.00440 e. The van der Waals surface area contributed by atoms with Crippen molar-refractivity contribution in [3.05, 3.63) is 0 Å². The van der Waals surface area contributed by atoms with Crippen LogP contribution in [0.5, 0.6) is 0 Å². The van der Waals surface area contributed by atoms with E-state index in [1.807, 2.05) is 0 Å². The van der Waals surface area contributed by atoms with Crippen molar-refractivity contribution in [2.75, 3.05) is 0 Å². The third-order valence-electron chi connectivity index (χ3n) is 3.37. The second-order valence-electron chi connectivity index (χ2n) is 4.86. The molecule has 1 rings (SSSR count). The van der Waals surface area contributed by atoms with Crippen LogP contribution in [0, 0.1) is 5.41 Å². The number of hydrogen-bond acceptors (Lipinski definition) is 1. The predicted molar refractivity (Wildman–Crippen MR) is 58.7 cm³/mol. The van der Waals surface area contributed by atoms with Gasteiger partial charge in [-0.1, -0.05) is 33.1 Å². The van der Waals surface area contributed by atoms with Gasteiger partial charge in [0.1, 0.15) is 0 Å². The molecule has 13 heavy (non-hydrogen) atoms. The summed E-state index contributed by atoms with van der Waals surface area (Å²) in [4.78, 5) is 0. The maximum atomic E-state index is 6.08. The number of unbranched alkanes of at least 4 members (excludes halogenated alkanes) is 1. The van der Waals surface area contributed by atoms with Crippen molar-refractivity contribution in [3.63, 3.8) is 0 Å². The lowest BCUT2D eigenvalue weighted by atomic mass is 9.90. The summed E-state index contributed by atoms with van der Waals surface area (Å²) in [6.07, 6.45) is 10.8. The van der Waals surface area contributed by atoms with Crippen LogP contribution in [0.1, 0.15) is 65.2 Å². The maximum Gasteiger partial charge on any atom is 0.00440 e. The van der Waals surface area contributed by atoms with Crippen LogP contribution in [0.2, 0.25) is 0 Å². The first-order valence-electron chi connectivity index (χ1n) is 5.98. The summed E-state index contributed by atoms with van der Waals surface area (Å²) >= 11 is 0. The Kier molecular flexibility index (Phi) is 4.24. The van der Waals surface area contributed by atoms with Gasteiger partial charge in [0.15, 0.2) is 0 Å². The minimum absolute atomic E-state index is 0.476. The zero-order chi connectivity index (χ0) is 9.73. The van der Waals surface area contributed by atoms with Crippen LogP contribution in [0.4, 0.5) is 0 Å². The molecular formula is C12H25N. The van der Waals surface area contributed by atoms with Crippen molar-refractivity contribution in [3.8, 4) is 0 Å². The molecule has 0 radical (unpaired) electrons. The molecule has 1 atom stereocenters. The molecule has 0 heterocycles. The zero-order valence-corrected chi connectivity index (χ0v) is 9.31. The molecule has 0 spiro atoms. The Hall–Kier alpha value is -0.0400. The first kappa shape index (κ1) is 11.0. The van der Waals surface area contributed by atoms with Gasteiger partial charge >= 0.3 is 0 Å². The van der Waals surface area contributed by atoms with Gasteiger partial charge in [-0.25, -0.2) is 0 Å². The van der Waals surface area contributed by atoms with E-state index in [1.165, 1.54) is 51.4 Å². The van der Waals surface area contributed by atoms with Crippen LogP contribution < -0.4 is 5.73 Å². The fourth-order valence-electron chi connectivity index (χ4n) is 2.31. The molecule has 0 aromatic rings. The molecule has 0 aliphatic heterocycles. The largest absolute Gasteiger partial charge is 0.328 e. The Balaban J connectivity index is 2.18. The number of nitrogens with two attached hydrogens (primary N) is 1. The summed E-state index contributed by atoms with van der Waals surface area (Å²) in [6, 6.07) is 0.476. The fraction of sp³-hybridized carbons (Fsp3) is 1.00. The van der Waals surface area contributed by atoms with Gasteiger partial charge in [0.05, 0.1) is 0 Å². The van der Waals surface area contributed by atoms with E-state index in [4.69, 9.17) is 5.73 Å². The second-order valence-corrected chi connectivity index (χ2v) is 4.86. The number of rotatable bonds is 7. The Labute approximate surface area is 83.1 Å². The van der Waals surface area contributed by atoms with Crippen molar-refractivity contribution < 1.29 is 0 Å². The predicted octanol–water partition coefficient (Wildman–Crippen LogP) is 3.47. The summed E-state index contributed by atoms with van der Waals surface area (Å²) in [5.74, 6) is 0. The topological polar surface area (TPSA) is 26.0 Å². The highest BCUT2D eigenvalue weighted by atomic mass is 14.7. The summed E-state index contributed by atoms with van der Waals surface area (Å²) in [7, 11) is 0. The van der Waals surface area contributed by atoms with E-state index in [0.29, 0.717) is 11.5 Å².